The van der Waals surface area contributed by atoms with Gasteiger partial charge in [-0.25, -0.2) is 0 Å². The number of carbonyl (C=O) groups is 2. The molecule has 0 aliphatic carbocycles. The molecule has 24 heavy (non-hydrogen) atoms. The Hall–Kier alpha value is -1.79. The summed E-state index contributed by atoms with van der Waals surface area (Å²) in [5.74, 6) is -1.11. The topological polar surface area (TPSA) is 76.5 Å². The predicted molar refractivity (Wildman–Crippen MR) is 97.2 cm³/mol. The standard InChI is InChI=1S/C18H27NO4Si/c1-18(2,3)24(4,5)23-16(12-17(21)22)11-15(20)9-8-14-7-6-10-19-13-14/h6-10,13,16H,11-12H2,1-5H3,(H,21,22)/t16-/m1/s1. The van der Waals surface area contributed by atoms with Crippen LogP contribution in [0, 0.1) is 0 Å². The summed E-state index contributed by atoms with van der Waals surface area (Å²) in [5, 5.41) is 9.06. The van der Waals surface area contributed by atoms with Gasteiger partial charge in [0.1, 0.15) is 0 Å². The van der Waals surface area contributed by atoms with E-state index in [0.29, 0.717) is 0 Å². The van der Waals surface area contributed by atoms with Gasteiger partial charge in [0, 0.05) is 18.8 Å². The highest BCUT2D eigenvalue weighted by Gasteiger charge is 2.39. The zero-order valence-corrected chi connectivity index (χ0v) is 16.1. The fourth-order valence-electron chi connectivity index (χ4n) is 1.90. The van der Waals surface area contributed by atoms with Gasteiger partial charge in [-0.1, -0.05) is 26.8 Å². The third-order valence-corrected chi connectivity index (χ3v) is 8.78. The van der Waals surface area contributed by atoms with E-state index in [9.17, 15) is 9.59 Å². The molecule has 132 valence electrons. The van der Waals surface area contributed by atoms with Crippen LogP contribution in [0.1, 0.15) is 39.2 Å². The van der Waals surface area contributed by atoms with Gasteiger partial charge in [-0.2, -0.15) is 0 Å². The molecule has 1 aromatic heterocycles. The normalized spacial score (nSPS) is 13.9. The van der Waals surface area contributed by atoms with Crippen molar-refractivity contribution >= 4 is 26.1 Å². The third-order valence-electron chi connectivity index (χ3n) is 4.24. The Morgan fingerprint density at radius 3 is 2.50 bits per heavy atom. The van der Waals surface area contributed by atoms with Gasteiger partial charge < -0.3 is 9.53 Å². The Balaban J connectivity index is 2.77. The summed E-state index contributed by atoms with van der Waals surface area (Å²) in [4.78, 5) is 27.3. The average Bonchev–Trinajstić information content (AvgIpc) is 2.43. The first-order valence-electron chi connectivity index (χ1n) is 8.02. The van der Waals surface area contributed by atoms with Gasteiger partial charge in [-0.15, -0.1) is 0 Å². The summed E-state index contributed by atoms with van der Waals surface area (Å²) >= 11 is 0. The fraction of sp³-hybridized carbons (Fsp3) is 0.500. The molecule has 0 amide bonds. The van der Waals surface area contributed by atoms with E-state index in [1.54, 1.807) is 24.5 Å². The van der Waals surface area contributed by atoms with Crippen LogP contribution in [-0.2, 0) is 14.0 Å². The van der Waals surface area contributed by atoms with Gasteiger partial charge in [0.15, 0.2) is 14.1 Å². The maximum absolute atomic E-state index is 12.2. The molecule has 0 saturated heterocycles. The lowest BCUT2D eigenvalue weighted by molar-refractivity contribution is -0.139. The first-order chi connectivity index (χ1) is 11.0. The molecule has 0 fully saturated rings. The number of hydrogen-bond donors (Lipinski definition) is 1. The van der Waals surface area contributed by atoms with Gasteiger partial charge in [0.05, 0.1) is 12.5 Å². The van der Waals surface area contributed by atoms with Crippen molar-refractivity contribution in [1.29, 1.82) is 0 Å². The second kappa shape index (κ2) is 8.35. The van der Waals surface area contributed by atoms with Crippen molar-refractivity contribution in [2.45, 2.75) is 57.8 Å². The van der Waals surface area contributed by atoms with E-state index in [-0.39, 0.29) is 23.7 Å². The molecular formula is C18H27NO4Si. The highest BCUT2D eigenvalue weighted by atomic mass is 28.4. The maximum Gasteiger partial charge on any atom is 0.305 e. The van der Waals surface area contributed by atoms with Crippen LogP contribution in [0.4, 0.5) is 0 Å². The molecule has 0 bridgehead atoms. The first-order valence-corrected chi connectivity index (χ1v) is 10.9. The van der Waals surface area contributed by atoms with Crippen molar-refractivity contribution in [3.63, 3.8) is 0 Å². The SMILES string of the molecule is CC(C)(C)[Si](C)(C)O[C@@H](CC(=O)O)CC(=O)C=Cc1cccnc1. The molecule has 1 atom stereocenters. The zero-order chi connectivity index (χ0) is 18.4. The number of nitrogens with zero attached hydrogens (tertiary/aromatic N) is 1. The summed E-state index contributed by atoms with van der Waals surface area (Å²) in [5.41, 5.74) is 0.825. The number of carboxylic acid groups (broad SMARTS) is 1. The van der Waals surface area contributed by atoms with Gasteiger partial charge in [0.2, 0.25) is 0 Å². The van der Waals surface area contributed by atoms with E-state index in [4.69, 9.17) is 9.53 Å². The summed E-state index contributed by atoms with van der Waals surface area (Å²) in [6.45, 7) is 10.4. The Labute approximate surface area is 144 Å². The highest BCUT2D eigenvalue weighted by Crippen LogP contribution is 2.38. The van der Waals surface area contributed by atoms with Crippen molar-refractivity contribution in [1.82, 2.24) is 4.98 Å². The molecule has 1 rings (SSSR count). The smallest absolute Gasteiger partial charge is 0.305 e. The second-order valence-corrected chi connectivity index (χ2v) is 12.1. The average molecular weight is 350 g/mol. The maximum atomic E-state index is 12.2. The number of pyridine rings is 1. The fourth-order valence-corrected chi connectivity index (χ4v) is 3.25. The van der Waals surface area contributed by atoms with Crippen LogP contribution in [0.2, 0.25) is 18.1 Å². The number of carbonyl (C=O) groups excluding carboxylic acids is 1. The molecule has 1 heterocycles. The van der Waals surface area contributed by atoms with Gasteiger partial charge in [0.25, 0.3) is 0 Å². The molecule has 1 N–H and O–H groups in total. The highest BCUT2D eigenvalue weighted by molar-refractivity contribution is 6.74. The quantitative estimate of drug-likeness (QED) is 0.568. The summed E-state index contributed by atoms with van der Waals surface area (Å²) in [6, 6.07) is 3.63. The lowest BCUT2D eigenvalue weighted by atomic mass is 10.1. The van der Waals surface area contributed by atoms with E-state index in [1.807, 2.05) is 6.07 Å². The lowest BCUT2D eigenvalue weighted by Crippen LogP contribution is -2.44. The molecule has 0 radical (unpaired) electrons. The number of ketones is 1. The molecule has 1 aromatic rings. The second-order valence-electron chi connectivity index (χ2n) is 7.39. The summed E-state index contributed by atoms with van der Waals surface area (Å²) in [6.07, 6.45) is 5.75. The van der Waals surface area contributed by atoms with Gasteiger partial charge in [-0.3, -0.25) is 14.6 Å². The molecule has 0 saturated carbocycles. The minimum atomic E-state index is -2.14. The van der Waals surface area contributed by atoms with E-state index in [1.165, 1.54) is 6.08 Å². The Bertz CT molecular complexity index is 591. The molecule has 0 aliphatic heterocycles. The van der Waals surface area contributed by atoms with Crippen molar-refractivity contribution in [3.8, 4) is 0 Å². The summed E-state index contributed by atoms with van der Waals surface area (Å²) < 4.78 is 6.13. The number of rotatable bonds is 8. The van der Waals surface area contributed by atoms with E-state index < -0.39 is 20.4 Å². The number of aliphatic carboxylic acids is 1. The zero-order valence-electron chi connectivity index (χ0n) is 15.1. The largest absolute Gasteiger partial charge is 0.481 e. The predicted octanol–water partition coefficient (Wildman–Crippen LogP) is 3.92. The number of carboxylic acids is 1. The Morgan fingerprint density at radius 2 is 2.00 bits per heavy atom. The van der Waals surface area contributed by atoms with Crippen molar-refractivity contribution in [2.75, 3.05) is 0 Å². The number of hydrogen-bond acceptors (Lipinski definition) is 4. The van der Waals surface area contributed by atoms with Crippen molar-refractivity contribution < 1.29 is 19.1 Å². The molecule has 0 spiro atoms. The van der Waals surface area contributed by atoms with Crippen LogP contribution >= 0.6 is 0 Å². The molecule has 5 nitrogen and oxygen atoms in total. The van der Waals surface area contributed by atoms with Crippen LogP contribution in [0.5, 0.6) is 0 Å². The van der Waals surface area contributed by atoms with Crippen LogP contribution < -0.4 is 0 Å². The van der Waals surface area contributed by atoms with E-state index in [2.05, 4.69) is 38.8 Å². The molecule has 6 heteroatoms. The molecular weight excluding hydrogens is 322 g/mol. The Morgan fingerprint density at radius 1 is 1.33 bits per heavy atom. The van der Waals surface area contributed by atoms with E-state index in [0.717, 1.165) is 5.56 Å². The monoisotopic (exact) mass is 349 g/mol. The summed E-state index contributed by atoms with van der Waals surface area (Å²) in [7, 11) is -2.14. The molecule has 0 unspecified atom stereocenters. The Kier molecular flexibility index (Phi) is 7.04. The van der Waals surface area contributed by atoms with Gasteiger partial charge >= 0.3 is 5.97 Å². The van der Waals surface area contributed by atoms with Crippen molar-refractivity contribution in [2.24, 2.45) is 0 Å². The lowest BCUT2D eigenvalue weighted by Gasteiger charge is -2.38. The number of aromatic nitrogens is 1. The van der Waals surface area contributed by atoms with E-state index >= 15 is 0 Å². The van der Waals surface area contributed by atoms with Crippen LogP contribution in [0.15, 0.2) is 30.6 Å². The van der Waals surface area contributed by atoms with Crippen LogP contribution in [0.3, 0.4) is 0 Å². The third kappa shape index (κ3) is 6.76. The van der Waals surface area contributed by atoms with Gasteiger partial charge in [-0.05, 0) is 41.9 Å². The van der Waals surface area contributed by atoms with Crippen LogP contribution in [0.25, 0.3) is 6.08 Å². The van der Waals surface area contributed by atoms with Crippen molar-refractivity contribution in [3.05, 3.63) is 36.2 Å². The number of allylic oxidation sites excluding steroid dienone is 1. The molecule has 0 aromatic carbocycles. The minimum absolute atomic E-state index is 0.0433. The minimum Gasteiger partial charge on any atom is -0.481 e. The molecule has 0 aliphatic rings. The first kappa shape index (κ1) is 20.3. The van der Waals surface area contributed by atoms with Crippen LogP contribution in [-0.4, -0.2) is 36.3 Å².